The van der Waals surface area contributed by atoms with Crippen LogP contribution >= 0.6 is 27.5 Å². The summed E-state index contributed by atoms with van der Waals surface area (Å²) in [5, 5.41) is -0.124. The number of halogens is 5. The summed E-state index contributed by atoms with van der Waals surface area (Å²) in [5.41, 5.74) is -0.0611. The largest absolute Gasteiger partial charge is 0.406 e. The molecule has 1 heterocycles. The van der Waals surface area contributed by atoms with Gasteiger partial charge >= 0.3 is 6.18 Å². The highest BCUT2D eigenvalue weighted by atomic mass is 79.9. The van der Waals surface area contributed by atoms with E-state index in [4.69, 9.17) is 11.6 Å². The summed E-state index contributed by atoms with van der Waals surface area (Å²) in [7, 11) is 0. The van der Waals surface area contributed by atoms with Crippen LogP contribution in [0.2, 0.25) is 5.15 Å². The van der Waals surface area contributed by atoms with Crippen LogP contribution in [-0.2, 0) is 0 Å². The van der Waals surface area contributed by atoms with Gasteiger partial charge in [0.15, 0.2) is 0 Å². The maximum absolute atomic E-state index is 12.5. The van der Waals surface area contributed by atoms with Crippen LogP contribution in [0, 0.1) is 0 Å². The fourth-order valence-corrected chi connectivity index (χ4v) is 1.92. The van der Waals surface area contributed by atoms with Gasteiger partial charge in [-0.1, -0.05) is 11.6 Å². The summed E-state index contributed by atoms with van der Waals surface area (Å²) in [5.74, 6) is -0.800. The highest BCUT2D eigenvalue weighted by Gasteiger charge is 2.35. The number of carbonyl (C=O) groups is 1. The number of aromatic nitrogens is 1. The zero-order valence-corrected chi connectivity index (χ0v) is 12.5. The monoisotopic (exact) mass is 358 g/mol. The molecule has 0 fully saturated rings. The lowest BCUT2D eigenvalue weighted by Gasteiger charge is -2.28. The molecule has 8 heteroatoms. The SMILES string of the molecule is CC(C)N(CC(F)(F)F)C(=O)c1cc(Br)cnc1Cl. The Morgan fingerprint density at radius 3 is 2.58 bits per heavy atom. The Labute approximate surface area is 121 Å². The molecule has 1 rings (SSSR count). The molecule has 3 nitrogen and oxygen atoms in total. The fourth-order valence-electron chi connectivity index (χ4n) is 1.41. The van der Waals surface area contributed by atoms with Crippen LogP contribution < -0.4 is 0 Å². The molecule has 0 radical (unpaired) electrons. The third-order valence-electron chi connectivity index (χ3n) is 2.27. The van der Waals surface area contributed by atoms with Gasteiger partial charge in [-0.15, -0.1) is 0 Å². The summed E-state index contributed by atoms with van der Waals surface area (Å²) < 4.78 is 37.9. The average molecular weight is 360 g/mol. The van der Waals surface area contributed by atoms with E-state index in [1.807, 2.05) is 0 Å². The number of pyridine rings is 1. The van der Waals surface area contributed by atoms with E-state index in [0.717, 1.165) is 0 Å². The number of alkyl halides is 3. The molecule has 0 unspecified atom stereocenters. The van der Waals surface area contributed by atoms with Crippen molar-refractivity contribution in [1.29, 1.82) is 0 Å². The minimum atomic E-state index is -4.47. The molecular formula is C11H11BrClF3N2O. The molecular weight excluding hydrogens is 348 g/mol. The summed E-state index contributed by atoms with van der Waals surface area (Å²) in [4.78, 5) is 16.5. The molecule has 0 N–H and O–H groups in total. The van der Waals surface area contributed by atoms with E-state index >= 15 is 0 Å². The first-order chi connectivity index (χ1) is 8.61. The van der Waals surface area contributed by atoms with Crippen molar-refractivity contribution in [3.05, 3.63) is 27.5 Å². The topological polar surface area (TPSA) is 33.2 Å². The Kier molecular flexibility index (Phi) is 5.20. The van der Waals surface area contributed by atoms with Crippen LogP contribution in [0.5, 0.6) is 0 Å². The first-order valence-electron chi connectivity index (χ1n) is 5.30. The van der Waals surface area contributed by atoms with Crippen LogP contribution in [0.3, 0.4) is 0 Å². The normalized spacial score (nSPS) is 11.8. The van der Waals surface area contributed by atoms with Crippen molar-refractivity contribution < 1.29 is 18.0 Å². The van der Waals surface area contributed by atoms with E-state index in [0.29, 0.717) is 9.37 Å². The Morgan fingerprint density at radius 1 is 1.53 bits per heavy atom. The molecule has 0 aliphatic carbocycles. The molecule has 1 amide bonds. The Balaban J connectivity index is 3.09. The zero-order chi connectivity index (χ0) is 14.8. The Morgan fingerprint density at radius 2 is 2.11 bits per heavy atom. The van der Waals surface area contributed by atoms with Gasteiger partial charge in [-0.05, 0) is 35.8 Å². The summed E-state index contributed by atoms with van der Waals surface area (Å²) in [6.07, 6.45) is -3.10. The standard InChI is InChI=1S/C11H11BrClF3N2O/c1-6(2)18(5-11(14,15)16)10(19)8-3-7(12)4-17-9(8)13/h3-4,6H,5H2,1-2H3. The molecule has 0 saturated heterocycles. The van der Waals surface area contributed by atoms with Gasteiger partial charge in [-0.2, -0.15) is 13.2 Å². The first kappa shape index (κ1) is 16.2. The van der Waals surface area contributed by atoms with Crippen molar-refractivity contribution in [2.45, 2.75) is 26.1 Å². The number of amides is 1. The minimum absolute atomic E-state index is 0.0611. The zero-order valence-electron chi connectivity index (χ0n) is 10.1. The molecule has 0 aromatic carbocycles. The van der Waals surface area contributed by atoms with Gasteiger partial charge in [0, 0.05) is 16.7 Å². The molecule has 0 atom stereocenters. The van der Waals surface area contributed by atoms with Gasteiger partial charge in [0.05, 0.1) is 5.56 Å². The molecule has 0 aliphatic heterocycles. The summed E-state index contributed by atoms with van der Waals surface area (Å²) in [6.45, 7) is 1.68. The maximum atomic E-state index is 12.5. The quantitative estimate of drug-likeness (QED) is 0.767. The van der Waals surface area contributed by atoms with E-state index in [-0.39, 0.29) is 10.7 Å². The summed E-state index contributed by atoms with van der Waals surface area (Å²) in [6, 6.07) is 0.743. The number of hydrogen-bond acceptors (Lipinski definition) is 2. The van der Waals surface area contributed by atoms with Crippen LogP contribution in [0.25, 0.3) is 0 Å². The van der Waals surface area contributed by atoms with Gasteiger partial charge in [0.1, 0.15) is 11.7 Å². The van der Waals surface area contributed by atoms with Crippen molar-refractivity contribution >= 4 is 33.4 Å². The molecule has 0 saturated carbocycles. The number of carbonyl (C=O) groups excluding carboxylic acids is 1. The molecule has 1 aromatic rings. The number of rotatable bonds is 3. The van der Waals surface area contributed by atoms with E-state index in [1.54, 1.807) is 0 Å². The lowest BCUT2D eigenvalue weighted by molar-refractivity contribution is -0.143. The molecule has 19 heavy (non-hydrogen) atoms. The van der Waals surface area contributed by atoms with Crippen molar-refractivity contribution in [1.82, 2.24) is 9.88 Å². The third kappa shape index (κ3) is 4.65. The number of hydrogen-bond donors (Lipinski definition) is 0. The van der Waals surface area contributed by atoms with E-state index < -0.39 is 24.7 Å². The average Bonchev–Trinajstić information content (AvgIpc) is 2.27. The van der Waals surface area contributed by atoms with Crippen molar-refractivity contribution in [3.63, 3.8) is 0 Å². The highest BCUT2D eigenvalue weighted by Crippen LogP contribution is 2.24. The predicted molar refractivity (Wildman–Crippen MR) is 69.2 cm³/mol. The minimum Gasteiger partial charge on any atom is -0.327 e. The molecule has 1 aromatic heterocycles. The van der Waals surface area contributed by atoms with E-state index in [2.05, 4.69) is 20.9 Å². The Bertz CT molecular complexity index is 479. The Hall–Kier alpha value is -0.820. The van der Waals surface area contributed by atoms with Crippen LogP contribution in [0.15, 0.2) is 16.7 Å². The van der Waals surface area contributed by atoms with Gasteiger partial charge < -0.3 is 4.90 Å². The van der Waals surface area contributed by atoms with Gasteiger partial charge in [0.2, 0.25) is 0 Å². The second-order valence-electron chi connectivity index (χ2n) is 4.13. The van der Waals surface area contributed by atoms with Gasteiger partial charge in [-0.3, -0.25) is 4.79 Å². The molecule has 0 bridgehead atoms. The molecule has 0 aliphatic rings. The predicted octanol–water partition coefficient (Wildman–Crippen LogP) is 3.91. The van der Waals surface area contributed by atoms with Crippen molar-refractivity contribution in [3.8, 4) is 0 Å². The van der Waals surface area contributed by atoms with Crippen LogP contribution in [0.4, 0.5) is 13.2 Å². The van der Waals surface area contributed by atoms with Crippen molar-refractivity contribution in [2.24, 2.45) is 0 Å². The first-order valence-corrected chi connectivity index (χ1v) is 6.47. The molecule has 0 spiro atoms. The van der Waals surface area contributed by atoms with Crippen LogP contribution in [-0.4, -0.2) is 34.6 Å². The van der Waals surface area contributed by atoms with E-state index in [1.165, 1.54) is 26.1 Å². The number of nitrogens with zero attached hydrogens (tertiary/aromatic N) is 2. The van der Waals surface area contributed by atoms with Gasteiger partial charge in [-0.25, -0.2) is 4.98 Å². The third-order valence-corrected chi connectivity index (χ3v) is 3.00. The smallest absolute Gasteiger partial charge is 0.327 e. The molecule has 106 valence electrons. The van der Waals surface area contributed by atoms with Gasteiger partial charge in [0.25, 0.3) is 5.91 Å². The van der Waals surface area contributed by atoms with Crippen LogP contribution in [0.1, 0.15) is 24.2 Å². The van der Waals surface area contributed by atoms with E-state index in [9.17, 15) is 18.0 Å². The fraction of sp³-hybridized carbons (Fsp3) is 0.455. The second-order valence-corrected chi connectivity index (χ2v) is 5.41. The second kappa shape index (κ2) is 6.09. The lowest BCUT2D eigenvalue weighted by Crippen LogP contribution is -2.43. The lowest BCUT2D eigenvalue weighted by atomic mass is 10.2. The highest BCUT2D eigenvalue weighted by molar-refractivity contribution is 9.10. The maximum Gasteiger partial charge on any atom is 0.406 e. The summed E-state index contributed by atoms with van der Waals surface area (Å²) >= 11 is 8.85. The van der Waals surface area contributed by atoms with Crippen molar-refractivity contribution in [2.75, 3.05) is 6.54 Å².